The summed E-state index contributed by atoms with van der Waals surface area (Å²) in [5.74, 6) is 0.0558. The van der Waals surface area contributed by atoms with Gasteiger partial charge in [0.2, 0.25) is 11.8 Å². The first kappa shape index (κ1) is 15.2. The lowest BCUT2D eigenvalue weighted by Crippen LogP contribution is -2.64. The van der Waals surface area contributed by atoms with Gasteiger partial charge in [0, 0.05) is 32.7 Å². The Kier molecular flexibility index (Phi) is 4.26. The van der Waals surface area contributed by atoms with Crippen LogP contribution in [-0.4, -0.2) is 66.2 Å². The Morgan fingerprint density at radius 1 is 1.36 bits per heavy atom. The third kappa shape index (κ3) is 3.05. The van der Waals surface area contributed by atoms with Gasteiger partial charge >= 0.3 is 0 Å². The maximum absolute atomic E-state index is 12.4. The van der Waals surface area contributed by atoms with Crippen molar-refractivity contribution in [2.75, 3.05) is 32.7 Å². The molecule has 22 heavy (non-hydrogen) atoms. The molecule has 0 bridgehead atoms. The number of hydrogen-bond acceptors (Lipinski definition) is 5. The van der Waals surface area contributed by atoms with Crippen molar-refractivity contribution in [2.24, 2.45) is 0 Å². The van der Waals surface area contributed by atoms with Gasteiger partial charge in [-0.15, -0.1) is 11.3 Å². The molecule has 0 aromatic carbocycles. The Hall–Kier alpha value is -1.73. The van der Waals surface area contributed by atoms with Gasteiger partial charge in [0.1, 0.15) is 6.04 Å². The van der Waals surface area contributed by atoms with Crippen LogP contribution >= 0.6 is 11.3 Å². The van der Waals surface area contributed by atoms with Crippen molar-refractivity contribution in [2.45, 2.75) is 19.4 Å². The van der Waals surface area contributed by atoms with Crippen LogP contribution in [0.25, 0.3) is 0 Å². The minimum absolute atomic E-state index is 0.0122. The fraction of sp³-hybridized carbons (Fsp3) is 0.533. The normalized spacial score (nSPS) is 22.1. The first-order valence-corrected chi connectivity index (χ1v) is 8.30. The average molecular weight is 321 g/mol. The van der Waals surface area contributed by atoms with E-state index >= 15 is 0 Å². The van der Waals surface area contributed by atoms with Crippen molar-refractivity contribution in [1.29, 1.82) is 0 Å². The van der Waals surface area contributed by atoms with E-state index in [9.17, 15) is 14.4 Å². The van der Waals surface area contributed by atoms with E-state index in [2.05, 4.69) is 10.2 Å². The van der Waals surface area contributed by atoms with Gasteiger partial charge in [0.25, 0.3) is 0 Å². The summed E-state index contributed by atoms with van der Waals surface area (Å²) in [4.78, 5) is 40.2. The van der Waals surface area contributed by atoms with Crippen LogP contribution in [0.5, 0.6) is 0 Å². The maximum atomic E-state index is 12.4. The Balaban J connectivity index is 1.62. The molecular formula is C15H19N3O3S. The monoisotopic (exact) mass is 321 g/mol. The molecule has 1 atom stereocenters. The van der Waals surface area contributed by atoms with E-state index in [1.165, 1.54) is 18.3 Å². The molecule has 0 unspecified atom stereocenters. The van der Waals surface area contributed by atoms with E-state index in [0.717, 1.165) is 18.7 Å². The van der Waals surface area contributed by atoms with Crippen LogP contribution in [0.4, 0.5) is 0 Å². The zero-order valence-corrected chi connectivity index (χ0v) is 13.3. The van der Waals surface area contributed by atoms with Crippen LogP contribution < -0.4 is 5.32 Å². The van der Waals surface area contributed by atoms with E-state index in [4.69, 9.17) is 0 Å². The van der Waals surface area contributed by atoms with Crippen molar-refractivity contribution < 1.29 is 14.4 Å². The molecule has 3 heterocycles. The van der Waals surface area contributed by atoms with E-state index in [0.29, 0.717) is 24.5 Å². The van der Waals surface area contributed by atoms with E-state index in [1.807, 2.05) is 5.38 Å². The molecule has 3 rings (SSSR count). The molecule has 2 aliphatic heterocycles. The fourth-order valence-corrected chi connectivity index (χ4v) is 3.76. The van der Waals surface area contributed by atoms with Gasteiger partial charge in [-0.3, -0.25) is 19.3 Å². The summed E-state index contributed by atoms with van der Waals surface area (Å²) in [6.07, 6.45) is 0.290. The number of piperazine rings is 2. The molecule has 1 aromatic rings. The second-order valence-corrected chi connectivity index (χ2v) is 6.65. The number of Topliss-reactive ketones (excluding diaryl/α,β-unsaturated/α-hetero) is 1. The lowest BCUT2D eigenvalue weighted by molar-refractivity contribution is -0.139. The lowest BCUT2D eigenvalue weighted by atomic mass is 10.1. The minimum Gasteiger partial charge on any atom is -0.353 e. The molecule has 0 spiro atoms. The summed E-state index contributed by atoms with van der Waals surface area (Å²) in [6.45, 7) is 4.92. The molecule has 118 valence electrons. The van der Waals surface area contributed by atoms with Gasteiger partial charge < -0.3 is 10.2 Å². The molecule has 0 saturated carbocycles. The minimum atomic E-state index is -0.221. The molecule has 2 fully saturated rings. The molecule has 2 aliphatic rings. The quantitative estimate of drug-likeness (QED) is 0.804. The van der Waals surface area contributed by atoms with Crippen LogP contribution in [-0.2, 0) is 16.0 Å². The van der Waals surface area contributed by atoms with Gasteiger partial charge in [0.15, 0.2) is 5.78 Å². The van der Waals surface area contributed by atoms with E-state index in [1.54, 1.807) is 11.0 Å². The molecule has 1 aromatic heterocycles. The second kappa shape index (κ2) is 6.18. The van der Waals surface area contributed by atoms with Gasteiger partial charge in [-0.25, -0.2) is 0 Å². The zero-order chi connectivity index (χ0) is 15.7. The number of carbonyl (C=O) groups excluding carboxylic acids is 3. The van der Waals surface area contributed by atoms with Crippen LogP contribution in [0.15, 0.2) is 11.4 Å². The molecule has 6 nitrogen and oxygen atoms in total. The van der Waals surface area contributed by atoms with Crippen LogP contribution in [0.2, 0.25) is 0 Å². The van der Waals surface area contributed by atoms with Gasteiger partial charge in [-0.2, -0.15) is 0 Å². The fourth-order valence-electron chi connectivity index (χ4n) is 2.94. The Morgan fingerprint density at radius 2 is 2.18 bits per heavy atom. The zero-order valence-electron chi connectivity index (χ0n) is 12.5. The number of ketones is 1. The summed E-state index contributed by atoms with van der Waals surface area (Å²) in [6, 6.07) is 1.57. The van der Waals surface area contributed by atoms with Crippen molar-refractivity contribution in [3.05, 3.63) is 21.9 Å². The number of nitrogens with one attached hydrogen (secondary N) is 1. The predicted octanol–water partition coefficient (Wildman–Crippen LogP) is 0.136. The van der Waals surface area contributed by atoms with Crippen LogP contribution in [0, 0.1) is 0 Å². The SMILES string of the molecule is CC(=O)c1cc(CC(=O)N2CCN3CCNC(=O)[C@H]3C2)cs1. The van der Waals surface area contributed by atoms with Crippen LogP contribution in [0.3, 0.4) is 0 Å². The highest BCUT2D eigenvalue weighted by Crippen LogP contribution is 2.18. The standard InChI is InChI=1S/C15H19N3O3S/c1-10(19)13-6-11(9-22-13)7-14(20)18-5-4-17-3-2-16-15(21)12(17)8-18/h6,9,12H,2-5,7-8H2,1H3,(H,16,21)/t12-/m1/s1. The van der Waals surface area contributed by atoms with Crippen molar-refractivity contribution >= 4 is 28.9 Å². The summed E-state index contributed by atoms with van der Waals surface area (Å²) in [7, 11) is 0. The summed E-state index contributed by atoms with van der Waals surface area (Å²) in [5.41, 5.74) is 0.871. The number of rotatable bonds is 3. The lowest BCUT2D eigenvalue weighted by Gasteiger charge is -2.43. The van der Waals surface area contributed by atoms with Gasteiger partial charge in [-0.05, 0) is 23.9 Å². The average Bonchev–Trinajstić information content (AvgIpc) is 2.96. The molecular weight excluding hydrogens is 302 g/mol. The van der Waals surface area contributed by atoms with Gasteiger partial charge in [-0.1, -0.05) is 0 Å². The smallest absolute Gasteiger partial charge is 0.239 e. The first-order chi connectivity index (χ1) is 10.5. The van der Waals surface area contributed by atoms with E-state index in [-0.39, 0.29) is 30.1 Å². The van der Waals surface area contributed by atoms with Crippen molar-refractivity contribution in [3.63, 3.8) is 0 Å². The highest BCUT2D eigenvalue weighted by atomic mass is 32.1. The third-order valence-corrected chi connectivity index (χ3v) is 5.28. The van der Waals surface area contributed by atoms with Crippen molar-refractivity contribution in [1.82, 2.24) is 15.1 Å². The topological polar surface area (TPSA) is 69.7 Å². The molecule has 2 saturated heterocycles. The Labute approximate surface area is 133 Å². The number of amides is 2. The number of nitrogens with zero attached hydrogens (tertiary/aromatic N) is 2. The number of hydrogen-bond donors (Lipinski definition) is 1. The number of fused-ring (bicyclic) bond motifs is 1. The summed E-state index contributed by atoms with van der Waals surface area (Å²) in [5, 5.41) is 4.71. The third-order valence-electron chi connectivity index (χ3n) is 4.20. The highest BCUT2D eigenvalue weighted by Gasteiger charge is 2.36. The second-order valence-electron chi connectivity index (χ2n) is 5.73. The molecule has 0 radical (unpaired) electrons. The maximum Gasteiger partial charge on any atom is 0.239 e. The van der Waals surface area contributed by atoms with Crippen LogP contribution in [0.1, 0.15) is 22.2 Å². The van der Waals surface area contributed by atoms with E-state index < -0.39 is 0 Å². The summed E-state index contributed by atoms with van der Waals surface area (Å²) >= 11 is 1.37. The molecule has 7 heteroatoms. The molecule has 0 aliphatic carbocycles. The predicted molar refractivity (Wildman–Crippen MR) is 83.0 cm³/mol. The van der Waals surface area contributed by atoms with Gasteiger partial charge in [0.05, 0.1) is 11.3 Å². The Bertz CT molecular complexity index is 613. The molecule has 2 amide bonds. The summed E-state index contributed by atoms with van der Waals surface area (Å²) < 4.78 is 0. The highest BCUT2D eigenvalue weighted by molar-refractivity contribution is 7.12. The molecule has 1 N–H and O–H groups in total. The number of carbonyl (C=O) groups is 3. The first-order valence-electron chi connectivity index (χ1n) is 7.42. The largest absolute Gasteiger partial charge is 0.353 e. The Morgan fingerprint density at radius 3 is 2.91 bits per heavy atom. The number of thiophene rings is 1. The van der Waals surface area contributed by atoms with Crippen molar-refractivity contribution in [3.8, 4) is 0 Å².